The van der Waals surface area contributed by atoms with Crippen LogP contribution in [0.25, 0.3) is 33.3 Å². The summed E-state index contributed by atoms with van der Waals surface area (Å²) in [6.07, 6.45) is 3.68. The molecule has 158 valence electrons. The number of H-pyrrole nitrogens is 1. The average Bonchev–Trinajstić information content (AvgIpc) is 3.46. The molecule has 0 unspecified atom stereocenters. The van der Waals surface area contributed by atoms with Crippen LogP contribution in [0.3, 0.4) is 0 Å². The Balaban J connectivity index is 1.57. The first-order valence-corrected chi connectivity index (χ1v) is 10.2. The van der Waals surface area contributed by atoms with Crippen molar-refractivity contribution in [2.45, 2.75) is 12.2 Å². The van der Waals surface area contributed by atoms with Crippen molar-refractivity contribution in [3.63, 3.8) is 0 Å². The van der Waals surface area contributed by atoms with Crippen molar-refractivity contribution in [2.75, 3.05) is 32.2 Å². The number of hydrogen-bond acceptors (Lipinski definition) is 5. The van der Waals surface area contributed by atoms with Crippen LogP contribution in [0.5, 0.6) is 0 Å². The van der Waals surface area contributed by atoms with Crippen molar-refractivity contribution in [1.82, 2.24) is 15.2 Å². The van der Waals surface area contributed by atoms with Crippen molar-refractivity contribution >= 4 is 16.6 Å². The molecule has 0 aliphatic carbocycles. The maximum atomic E-state index is 13.4. The summed E-state index contributed by atoms with van der Waals surface area (Å²) in [5.41, 5.74) is 5.72. The highest BCUT2D eigenvalue weighted by Crippen LogP contribution is 2.35. The lowest BCUT2D eigenvalue weighted by Gasteiger charge is -2.20. The Bertz CT molecular complexity index is 1200. The minimum Gasteiger partial charge on any atom is -0.377 e. The number of rotatable bonds is 5. The molecule has 6 nitrogen and oxygen atoms in total. The van der Waals surface area contributed by atoms with Gasteiger partial charge in [-0.1, -0.05) is 6.07 Å². The molecule has 4 aromatic rings. The molecule has 31 heavy (non-hydrogen) atoms. The quantitative estimate of drug-likeness (QED) is 0.524. The fourth-order valence-electron chi connectivity index (χ4n) is 4.31. The maximum absolute atomic E-state index is 13.4. The summed E-state index contributed by atoms with van der Waals surface area (Å²) in [4.78, 5) is 6.83. The lowest BCUT2D eigenvalue weighted by atomic mass is 9.99. The number of methoxy groups -OCH3 is 2. The van der Waals surface area contributed by atoms with Crippen LogP contribution in [0.1, 0.15) is 0 Å². The van der Waals surface area contributed by atoms with Crippen LogP contribution in [0, 0.1) is 5.82 Å². The molecule has 1 aliphatic heterocycles. The van der Waals surface area contributed by atoms with Gasteiger partial charge in [-0.2, -0.15) is 5.10 Å². The SMILES string of the molecule is CO[C@H]1CN(c2ccnc3ccc(-c4cn[nH]c4-c4ccc(F)cc4)cc23)C[C@@H]1OC. The summed E-state index contributed by atoms with van der Waals surface area (Å²) in [5, 5.41) is 8.35. The van der Waals surface area contributed by atoms with Crippen LogP contribution in [0.15, 0.2) is 60.9 Å². The van der Waals surface area contributed by atoms with Crippen molar-refractivity contribution in [3.8, 4) is 22.4 Å². The Morgan fingerprint density at radius 1 is 0.968 bits per heavy atom. The molecule has 2 atom stereocenters. The Morgan fingerprint density at radius 2 is 1.68 bits per heavy atom. The molecule has 7 heteroatoms. The Hall–Kier alpha value is -3.29. The van der Waals surface area contributed by atoms with E-state index in [-0.39, 0.29) is 18.0 Å². The van der Waals surface area contributed by atoms with Gasteiger partial charge in [0.1, 0.15) is 18.0 Å². The lowest BCUT2D eigenvalue weighted by Crippen LogP contribution is -2.27. The van der Waals surface area contributed by atoms with Gasteiger partial charge in [0.15, 0.2) is 0 Å². The number of benzene rings is 2. The van der Waals surface area contributed by atoms with E-state index in [4.69, 9.17) is 9.47 Å². The molecule has 1 saturated heterocycles. The monoisotopic (exact) mass is 418 g/mol. The van der Waals surface area contributed by atoms with E-state index in [1.54, 1.807) is 32.5 Å². The number of anilines is 1. The van der Waals surface area contributed by atoms with Gasteiger partial charge in [0.05, 0.1) is 17.4 Å². The Labute approximate surface area is 179 Å². The summed E-state index contributed by atoms with van der Waals surface area (Å²) in [7, 11) is 3.44. The molecular weight excluding hydrogens is 395 g/mol. The number of aromatic amines is 1. The van der Waals surface area contributed by atoms with Gasteiger partial charge in [0.25, 0.3) is 0 Å². The van der Waals surface area contributed by atoms with Gasteiger partial charge < -0.3 is 14.4 Å². The van der Waals surface area contributed by atoms with Gasteiger partial charge in [-0.3, -0.25) is 10.1 Å². The predicted molar refractivity (Wildman–Crippen MR) is 119 cm³/mol. The number of fused-ring (bicyclic) bond motifs is 1. The number of aromatic nitrogens is 3. The van der Waals surface area contributed by atoms with Crippen LogP contribution in [-0.4, -0.2) is 54.7 Å². The first kappa shape index (κ1) is 19.7. The van der Waals surface area contributed by atoms with Crippen molar-refractivity contribution in [1.29, 1.82) is 0 Å². The molecule has 1 N–H and O–H groups in total. The first-order valence-electron chi connectivity index (χ1n) is 10.2. The highest BCUT2D eigenvalue weighted by atomic mass is 19.1. The van der Waals surface area contributed by atoms with Gasteiger partial charge >= 0.3 is 0 Å². The third-order valence-electron chi connectivity index (χ3n) is 5.96. The first-order chi connectivity index (χ1) is 15.2. The zero-order valence-corrected chi connectivity index (χ0v) is 17.4. The highest BCUT2D eigenvalue weighted by molar-refractivity contribution is 5.96. The van der Waals surface area contributed by atoms with Crippen molar-refractivity contribution in [3.05, 3.63) is 66.7 Å². The molecule has 2 aromatic heterocycles. The van der Waals surface area contributed by atoms with E-state index in [0.717, 1.165) is 52.1 Å². The minimum atomic E-state index is -0.263. The minimum absolute atomic E-state index is 0.0235. The van der Waals surface area contributed by atoms with Gasteiger partial charge in [-0.15, -0.1) is 0 Å². The van der Waals surface area contributed by atoms with Crippen LogP contribution in [0.2, 0.25) is 0 Å². The maximum Gasteiger partial charge on any atom is 0.123 e. The van der Waals surface area contributed by atoms with E-state index in [1.165, 1.54) is 12.1 Å². The van der Waals surface area contributed by atoms with E-state index in [9.17, 15) is 4.39 Å². The molecule has 0 amide bonds. The number of nitrogens with zero attached hydrogens (tertiary/aromatic N) is 3. The molecule has 0 saturated carbocycles. The predicted octanol–water partition coefficient (Wildman–Crippen LogP) is 4.28. The summed E-state index contributed by atoms with van der Waals surface area (Å²) < 4.78 is 24.6. The molecule has 1 aliphatic rings. The van der Waals surface area contributed by atoms with Crippen molar-refractivity contribution < 1.29 is 13.9 Å². The zero-order chi connectivity index (χ0) is 21.4. The molecule has 0 bridgehead atoms. The molecule has 5 rings (SSSR count). The smallest absolute Gasteiger partial charge is 0.123 e. The topological polar surface area (TPSA) is 63.3 Å². The zero-order valence-electron chi connectivity index (χ0n) is 17.4. The number of nitrogens with one attached hydrogen (secondary N) is 1. The van der Waals surface area contributed by atoms with Crippen LogP contribution >= 0.6 is 0 Å². The summed E-state index contributed by atoms with van der Waals surface area (Å²) >= 11 is 0. The molecular formula is C24H23FN4O2. The number of pyridine rings is 1. The number of hydrogen-bond donors (Lipinski definition) is 1. The lowest BCUT2D eigenvalue weighted by molar-refractivity contribution is -0.00461. The van der Waals surface area contributed by atoms with Gasteiger partial charge in [-0.25, -0.2) is 4.39 Å². The van der Waals surface area contributed by atoms with E-state index in [1.807, 2.05) is 24.4 Å². The van der Waals surface area contributed by atoms with Crippen LogP contribution in [-0.2, 0) is 9.47 Å². The van der Waals surface area contributed by atoms with Crippen molar-refractivity contribution in [2.24, 2.45) is 0 Å². The van der Waals surface area contributed by atoms with Gasteiger partial charge in [0, 0.05) is 55.7 Å². The Morgan fingerprint density at radius 3 is 2.39 bits per heavy atom. The largest absolute Gasteiger partial charge is 0.377 e. The summed E-state index contributed by atoms with van der Waals surface area (Å²) in [6.45, 7) is 1.51. The van der Waals surface area contributed by atoms with Gasteiger partial charge in [-0.05, 0) is 48.0 Å². The molecule has 0 spiro atoms. The van der Waals surface area contributed by atoms with E-state index in [2.05, 4.69) is 26.1 Å². The van der Waals surface area contributed by atoms with E-state index in [0.29, 0.717) is 0 Å². The normalized spacial score (nSPS) is 18.7. The number of halogens is 1. The fraction of sp³-hybridized carbons (Fsp3) is 0.250. The average molecular weight is 418 g/mol. The Kier molecular flexibility index (Phi) is 5.13. The summed E-state index contributed by atoms with van der Waals surface area (Å²) in [6, 6.07) is 14.6. The third-order valence-corrected chi connectivity index (χ3v) is 5.96. The standard InChI is InChI=1S/C24H23FN4O2/c1-30-22-13-29(14-23(22)31-2)21-9-10-26-20-8-5-16(11-18(20)21)19-12-27-28-24(19)15-3-6-17(25)7-4-15/h3-12,22-23H,13-14H2,1-2H3,(H,27,28)/t22-,23-/m0/s1. The molecule has 3 heterocycles. The molecule has 2 aromatic carbocycles. The molecule has 0 radical (unpaired) electrons. The van der Waals surface area contributed by atoms with E-state index >= 15 is 0 Å². The number of ether oxygens (including phenoxy) is 2. The van der Waals surface area contributed by atoms with Crippen LogP contribution < -0.4 is 4.90 Å². The molecule has 1 fully saturated rings. The second kappa shape index (κ2) is 8.09. The van der Waals surface area contributed by atoms with Gasteiger partial charge in [0.2, 0.25) is 0 Å². The van der Waals surface area contributed by atoms with E-state index < -0.39 is 0 Å². The second-order valence-electron chi connectivity index (χ2n) is 7.68. The third kappa shape index (κ3) is 3.56. The highest BCUT2D eigenvalue weighted by Gasteiger charge is 2.33. The second-order valence-corrected chi connectivity index (χ2v) is 7.68. The fourth-order valence-corrected chi connectivity index (χ4v) is 4.31. The van der Waals surface area contributed by atoms with Crippen LogP contribution in [0.4, 0.5) is 10.1 Å². The summed E-state index contributed by atoms with van der Waals surface area (Å²) in [5.74, 6) is -0.263.